The van der Waals surface area contributed by atoms with Crippen LogP contribution in [0.4, 0.5) is 0 Å². The van der Waals surface area contributed by atoms with Crippen LogP contribution in [0.15, 0.2) is 30.9 Å². The van der Waals surface area contributed by atoms with Crippen molar-refractivity contribution in [1.82, 2.24) is 24.3 Å². The van der Waals surface area contributed by atoms with E-state index in [1.54, 1.807) is 17.1 Å². The molecule has 3 aromatic rings. The molecule has 0 N–H and O–H groups in total. The van der Waals surface area contributed by atoms with Gasteiger partial charge in [-0.05, 0) is 17.7 Å². The van der Waals surface area contributed by atoms with Gasteiger partial charge in [0, 0.05) is 19.4 Å². The summed E-state index contributed by atoms with van der Waals surface area (Å²) in [6.07, 6.45) is 7.34. The molecule has 3 aromatic heterocycles. The van der Waals surface area contributed by atoms with Crippen LogP contribution in [0.25, 0.3) is 16.7 Å². The van der Waals surface area contributed by atoms with Gasteiger partial charge in [-0.3, -0.25) is 4.68 Å². The summed E-state index contributed by atoms with van der Waals surface area (Å²) < 4.78 is 3.72. The van der Waals surface area contributed by atoms with Gasteiger partial charge < -0.3 is 4.57 Å². The van der Waals surface area contributed by atoms with Crippen molar-refractivity contribution in [3.8, 4) is 5.69 Å². The standard InChI is InChI=1S/C10H8ClN5/c1-15-6-7(4-13-15)16-3-2-8-9(16)5-12-10(11)14-8/h2-6H,1H3. The number of nitrogens with zero attached hydrogens (tertiary/aromatic N) is 5. The van der Waals surface area contributed by atoms with Gasteiger partial charge in [-0.15, -0.1) is 0 Å². The minimum Gasteiger partial charge on any atom is -0.311 e. The number of aryl methyl sites for hydroxylation is 1. The lowest BCUT2D eigenvalue weighted by Crippen LogP contribution is -1.91. The second kappa shape index (κ2) is 3.31. The molecule has 6 heteroatoms. The predicted octanol–water partition coefficient (Wildman–Crippen LogP) is 1.81. The van der Waals surface area contributed by atoms with E-state index in [1.165, 1.54) is 0 Å². The second-order valence-electron chi connectivity index (χ2n) is 3.47. The lowest BCUT2D eigenvalue weighted by Gasteiger charge is -1.99. The van der Waals surface area contributed by atoms with Gasteiger partial charge in [-0.2, -0.15) is 5.10 Å². The number of hydrogen-bond donors (Lipinski definition) is 0. The first-order valence-corrected chi connectivity index (χ1v) is 5.10. The van der Waals surface area contributed by atoms with Gasteiger partial charge in [-0.1, -0.05) is 0 Å². The van der Waals surface area contributed by atoms with Crippen molar-refractivity contribution in [1.29, 1.82) is 0 Å². The molecular formula is C10H8ClN5. The summed E-state index contributed by atoms with van der Waals surface area (Å²) in [5.74, 6) is 0. The molecule has 0 unspecified atom stereocenters. The van der Waals surface area contributed by atoms with Crippen molar-refractivity contribution in [2.45, 2.75) is 0 Å². The average Bonchev–Trinajstić information content (AvgIpc) is 2.83. The fraction of sp³-hybridized carbons (Fsp3) is 0.100. The minimum absolute atomic E-state index is 0.261. The number of halogens is 1. The lowest BCUT2D eigenvalue weighted by atomic mass is 10.4. The molecule has 0 saturated carbocycles. The van der Waals surface area contributed by atoms with E-state index in [1.807, 2.05) is 30.1 Å². The Labute approximate surface area is 96.3 Å². The molecule has 0 fully saturated rings. The van der Waals surface area contributed by atoms with Crippen LogP contribution in [0.5, 0.6) is 0 Å². The van der Waals surface area contributed by atoms with E-state index in [9.17, 15) is 0 Å². The van der Waals surface area contributed by atoms with Crippen LogP contribution in [0.3, 0.4) is 0 Å². The summed E-state index contributed by atoms with van der Waals surface area (Å²) in [5, 5.41) is 4.39. The zero-order valence-electron chi connectivity index (χ0n) is 8.50. The van der Waals surface area contributed by atoms with Gasteiger partial charge in [0.05, 0.1) is 29.1 Å². The summed E-state index contributed by atoms with van der Waals surface area (Å²) in [4.78, 5) is 8.11. The Morgan fingerprint density at radius 1 is 1.31 bits per heavy atom. The Morgan fingerprint density at radius 2 is 2.19 bits per heavy atom. The predicted molar refractivity (Wildman–Crippen MR) is 60.6 cm³/mol. The summed E-state index contributed by atoms with van der Waals surface area (Å²) >= 11 is 5.73. The zero-order valence-corrected chi connectivity index (χ0v) is 9.26. The van der Waals surface area contributed by atoms with Gasteiger partial charge >= 0.3 is 0 Å². The molecule has 5 nitrogen and oxygen atoms in total. The molecule has 0 spiro atoms. The quantitative estimate of drug-likeness (QED) is 0.603. The van der Waals surface area contributed by atoms with Gasteiger partial charge in [0.1, 0.15) is 0 Å². The van der Waals surface area contributed by atoms with Crippen molar-refractivity contribution in [3.63, 3.8) is 0 Å². The van der Waals surface area contributed by atoms with E-state index < -0.39 is 0 Å². The number of rotatable bonds is 1. The van der Waals surface area contributed by atoms with Crippen molar-refractivity contribution < 1.29 is 0 Å². The Balaban J connectivity index is 2.25. The van der Waals surface area contributed by atoms with Gasteiger partial charge in [-0.25, -0.2) is 9.97 Å². The molecule has 0 aliphatic carbocycles. The Bertz CT molecular complexity index is 654. The molecule has 0 amide bonds. The Morgan fingerprint density at radius 3 is 2.94 bits per heavy atom. The van der Waals surface area contributed by atoms with Crippen LogP contribution >= 0.6 is 11.6 Å². The molecule has 0 aliphatic heterocycles. The second-order valence-corrected chi connectivity index (χ2v) is 3.81. The van der Waals surface area contributed by atoms with Crippen LogP contribution in [-0.4, -0.2) is 24.3 Å². The molecule has 0 bridgehead atoms. The minimum atomic E-state index is 0.261. The first kappa shape index (κ1) is 9.35. The molecule has 0 atom stereocenters. The summed E-state index contributed by atoms with van der Waals surface area (Å²) in [6.45, 7) is 0. The molecule has 0 saturated heterocycles. The van der Waals surface area contributed by atoms with Crippen molar-refractivity contribution >= 4 is 22.6 Å². The maximum absolute atomic E-state index is 5.73. The summed E-state index contributed by atoms with van der Waals surface area (Å²) in [7, 11) is 1.88. The first-order chi connectivity index (χ1) is 7.74. The molecule has 16 heavy (non-hydrogen) atoms. The van der Waals surface area contributed by atoms with Crippen LogP contribution < -0.4 is 0 Å². The van der Waals surface area contributed by atoms with Crippen LogP contribution in [0.2, 0.25) is 5.28 Å². The van der Waals surface area contributed by atoms with E-state index in [0.717, 1.165) is 16.7 Å². The number of aromatic nitrogens is 5. The maximum Gasteiger partial charge on any atom is 0.223 e. The normalized spacial score (nSPS) is 11.1. The third kappa shape index (κ3) is 1.37. The molecule has 0 aromatic carbocycles. The lowest BCUT2D eigenvalue weighted by molar-refractivity contribution is 0.767. The number of fused-ring (bicyclic) bond motifs is 1. The monoisotopic (exact) mass is 233 g/mol. The highest BCUT2D eigenvalue weighted by molar-refractivity contribution is 6.28. The van der Waals surface area contributed by atoms with Crippen molar-refractivity contribution in [3.05, 3.63) is 36.1 Å². The highest BCUT2D eigenvalue weighted by atomic mass is 35.5. The fourth-order valence-electron chi connectivity index (χ4n) is 1.66. The highest BCUT2D eigenvalue weighted by Crippen LogP contribution is 2.18. The SMILES string of the molecule is Cn1cc(-n2ccc3nc(Cl)ncc32)cn1. The van der Waals surface area contributed by atoms with Crippen LogP contribution in [0.1, 0.15) is 0 Å². The van der Waals surface area contributed by atoms with E-state index in [4.69, 9.17) is 11.6 Å². The zero-order chi connectivity index (χ0) is 11.1. The molecule has 3 heterocycles. The van der Waals surface area contributed by atoms with Crippen LogP contribution in [0, 0.1) is 0 Å². The fourth-order valence-corrected chi connectivity index (χ4v) is 1.80. The molecule has 3 rings (SSSR count). The van der Waals surface area contributed by atoms with Gasteiger partial charge in [0.25, 0.3) is 0 Å². The molecule has 0 radical (unpaired) electrons. The maximum atomic E-state index is 5.73. The topological polar surface area (TPSA) is 48.5 Å². The van der Waals surface area contributed by atoms with Crippen LogP contribution in [-0.2, 0) is 7.05 Å². The van der Waals surface area contributed by atoms with E-state index in [2.05, 4.69) is 15.1 Å². The third-order valence-electron chi connectivity index (χ3n) is 2.38. The molecule has 0 aliphatic rings. The van der Waals surface area contributed by atoms with E-state index in [-0.39, 0.29) is 5.28 Å². The van der Waals surface area contributed by atoms with Crippen molar-refractivity contribution in [2.24, 2.45) is 7.05 Å². The smallest absolute Gasteiger partial charge is 0.223 e. The van der Waals surface area contributed by atoms with Crippen molar-refractivity contribution in [2.75, 3.05) is 0 Å². The molecule has 80 valence electrons. The Kier molecular flexibility index (Phi) is 1.94. The largest absolute Gasteiger partial charge is 0.311 e. The molecular weight excluding hydrogens is 226 g/mol. The summed E-state index contributed by atoms with van der Waals surface area (Å²) in [6, 6.07) is 1.90. The van der Waals surface area contributed by atoms with Gasteiger partial charge in [0.2, 0.25) is 5.28 Å². The third-order valence-corrected chi connectivity index (χ3v) is 2.56. The first-order valence-electron chi connectivity index (χ1n) is 4.73. The number of hydrogen-bond acceptors (Lipinski definition) is 3. The average molecular weight is 234 g/mol. The van der Waals surface area contributed by atoms with E-state index >= 15 is 0 Å². The Hall–Kier alpha value is -1.88. The van der Waals surface area contributed by atoms with Gasteiger partial charge in [0.15, 0.2) is 0 Å². The summed E-state index contributed by atoms with van der Waals surface area (Å²) in [5.41, 5.74) is 2.71. The highest BCUT2D eigenvalue weighted by Gasteiger charge is 2.06. The van der Waals surface area contributed by atoms with E-state index in [0.29, 0.717) is 0 Å².